The molecule has 7 nitrogen and oxygen atoms in total. The largest absolute Gasteiger partial charge is 0.481 e. The number of rotatable bonds is 7. The summed E-state index contributed by atoms with van der Waals surface area (Å²) in [5, 5.41) is 13.2. The fraction of sp³-hybridized carbons (Fsp3) is 0.231. The number of aromatic nitrogens is 2. The highest BCUT2D eigenvalue weighted by molar-refractivity contribution is 7.33. The Hall–Kier alpha value is -3.12. The summed E-state index contributed by atoms with van der Waals surface area (Å²) in [5.74, 6) is -0.784. The van der Waals surface area contributed by atoms with Crippen LogP contribution in [0, 0.1) is 6.92 Å². The zero-order valence-electron chi connectivity index (χ0n) is 19.8. The van der Waals surface area contributed by atoms with Gasteiger partial charge in [0, 0.05) is 20.5 Å². The van der Waals surface area contributed by atoms with E-state index >= 15 is 0 Å². The molecule has 37 heavy (non-hydrogen) atoms. The van der Waals surface area contributed by atoms with Crippen LogP contribution in [0.2, 0.25) is 0 Å². The number of nitrogens with zero attached hydrogens (tertiary/aromatic N) is 2. The normalized spacial score (nSPS) is 15.0. The van der Waals surface area contributed by atoms with Gasteiger partial charge in [0.25, 0.3) is 0 Å². The Bertz CT molecular complexity index is 1600. The molecule has 11 heteroatoms. The highest BCUT2D eigenvalue weighted by Gasteiger charge is 2.54. The van der Waals surface area contributed by atoms with Crippen molar-refractivity contribution in [3.63, 3.8) is 0 Å². The Morgan fingerprint density at radius 1 is 1.05 bits per heavy atom. The van der Waals surface area contributed by atoms with Gasteiger partial charge in [0.2, 0.25) is 0 Å². The molecule has 1 amide bonds. The first-order chi connectivity index (χ1) is 17.8. The maximum absolute atomic E-state index is 12.7. The predicted molar refractivity (Wildman–Crippen MR) is 150 cm³/mol. The van der Waals surface area contributed by atoms with Gasteiger partial charge in [0.15, 0.2) is 0 Å². The van der Waals surface area contributed by atoms with Crippen LogP contribution in [0.25, 0.3) is 28.9 Å². The third kappa shape index (κ3) is 4.46. The van der Waals surface area contributed by atoms with Gasteiger partial charge in [-0.1, -0.05) is 30.3 Å². The average Bonchev–Trinajstić information content (AvgIpc) is 3.19. The molecule has 1 atom stereocenters. The molecule has 4 aromatic heterocycles. The molecule has 0 spiro atoms. The minimum atomic E-state index is -0.784. The molecule has 1 aromatic carbocycles. The second-order valence-corrected chi connectivity index (χ2v) is 12.9. The van der Waals surface area contributed by atoms with Crippen molar-refractivity contribution in [3.05, 3.63) is 64.9 Å². The lowest BCUT2D eigenvalue weighted by Crippen LogP contribution is -2.18. The number of aliphatic carboxylic acids is 1. The molecular weight excluding hydrogens is 547 g/mol. The number of nitrogens with one attached hydrogen (secondary N) is 1. The number of aryl methyl sites for hydroxylation is 1. The van der Waals surface area contributed by atoms with E-state index in [9.17, 15) is 14.7 Å². The lowest BCUT2D eigenvalue weighted by atomic mass is 10.1. The van der Waals surface area contributed by atoms with Gasteiger partial charge in [0.1, 0.15) is 16.5 Å². The van der Waals surface area contributed by atoms with Gasteiger partial charge in [-0.3, -0.25) is 10.1 Å². The highest BCUT2D eigenvalue weighted by atomic mass is 32.1. The third-order valence-corrected chi connectivity index (χ3v) is 11.2. The van der Waals surface area contributed by atoms with Crippen molar-refractivity contribution in [1.29, 1.82) is 0 Å². The van der Waals surface area contributed by atoms with Gasteiger partial charge in [0.05, 0.1) is 26.0 Å². The van der Waals surface area contributed by atoms with E-state index in [1.165, 1.54) is 22.9 Å². The summed E-state index contributed by atoms with van der Waals surface area (Å²) in [4.78, 5) is 32.8. The van der Waals surface area contributed by atoms with E-state index in [1.54, 1.807) is 28.9 Å². The number of carbonyl (C=O) groups excluding carboxylic acids is 1. The van der Waals surface area contributed by atoms with Crippen molar-refractivity contribution in [3.8, 4) is 19.5 Å². The summed E-state index contributed by atoms with van der Waals surface area (Å²) in [6.07, 6.45) is 2.20. The lowest BCUT2D eigenvalue weighted by Gasteiger charge is -2.14. The number of anilines is 1. The molecule has 5 aromatic rings. The Morgan fingerprint density at radius 2 is 1.76 bits per heavy atom. The van der Waals surface area contributed by atoms with Gasteiger partial charge in [-0.15, -0.1) is 34.0 Å². The van der Waals surface area contributed by atoms with Crippen LogP contribution in [0.1, 0.15) is 42.1 Å². The first-order valence-electron chi connectivity index (χ1n) is 11.6. The molecule has 4 heterocycles. The van der Waals surface area contributed by atoms with Gasteiger partial charge < -0.3 is 9.84 Å². The lowest BCUT2D eigenvalue weighted by molar-refractivity contribution is -0.140. The molecule has 2 N–H and O–H groups in total. The zero-order valence-corrected chi connectivity index (χ0v) is 23.1. The molecule has 0 saturated heterocycles. The topological polar surface area (TPSA) is 101 Å². The number of carboxylic acid groups (broad SMARTS) is 1. The molecule has 0 bridgehead atoms. The summed E-state index contributed by atoms with van der Waals surface area (Å²) in [7, 11) is 0. The van der Waals surface area contributed by atoms with Crippen LogP contribution < -0.4 is 5.32 Å². The van der Waals surface area contributed by atoms with Crippen LogP contribution in [0.5, 0.6) is 0 Å². The number of carbonyl (C=O) groups is 2. The first kappa shape index (κ1) is 24.2. The van der Waals surface area contributed by atoms with Gasteiger partial charge in [-0.25, -0.2) is 9.78 Å². The predicted octanol–water partition coefficient (Wildman–Crippen LogP) is 7.94. The fourth-order valence-electron chi connectivity index (χ4n) is 4.09. The van der Waals surface area contributed by atoms with Crippen LogP contribution in [-0.4, -0.2) is 26.5 Å². The molecule has 0 aliphatic heterocycles. The molecule has 1 aliphatic rings. The van der Waals surface area contributed by atoms with Crippen LogP contribution in [0.15, 0.2) is 48.7 Å². The monoisotopic (exact) mass is 567 g/mol. The second-order valence-electron chi connectivity index (χ2n) is 8.92. The summed E-state index contributed by atoms with van der Waals surface area (Å²) in [6.45, 7) is 3.72. The van der Waals surface area contributed by atoms with Crippen molar-refractivity contribution in [2.75, 3.05) is 5.32 Å². The van der Waals surface area contributed by atoms with E-state index in [1.807, 2.05) is 44.2 Å². The quantitative estimate of drug-likeness (QED) is 0.207. The number of hydrogen-bond acceptors (Lipinski definition) is 9. The van der Waals surface area contributed by atoms with E-state index < -0.39 is 17.5 Å². The maximum atomic E-state index is 12.7. The third-order valence-electron chi connectivity index (χ3n) is 6.39. The highest BCUT2D eigenvalue weighted by Crippen LogP contribution is 2.52. The minimum absolute atomic E-state index is 0.375. The summed E-state index contributed by atoms with van der Waals surface area (Å²) in [6, 6.07) is 13.9. The number of benzene rings is 1. The minimum Gasteiger partial charge on any atom is -0.481 e. The number of hydrogen-bond donors (Lipinski definition) is 2. The standard InChI is InChI=1S/C26H21N3O4S4/c1-13-21(28-25(32)33-14(2)15-6-4-3-5-7-15)22(37-29-13)19-11-17-16(35-19)10-18(34-17)20-12-27-23(36-20)26(8-9-26)24(30)31/h3-7,10-12,14H,8-9H2,1-2H3,(H,28,32)(H,30,31)/t14-/m1/s1. The molecule has 6 rings (SSSR count). The molecule has 1 fully saturated rings. The van der Waals surface area contributed by atoms with Crippen molar-refractivity contribution in [1.82, 2.24) is 9.36 Å². The van der Waals surface area contributed by atoms with Gasteiger partial charge >= 0.3 is 12.1 Å². The number of fused-ring (bicyclic) bond motifs is 1. The molecule has 188 valence electrons. The SMILES string of the molecule is Cc1nsc(-c2cc3sc(-c4cnc(C5(C(=O)O)CC5)s4)cc3s2)c1NC(=O)O[C@H](C)c1ccccc1. The van der Waals surface area contributed by atoms with E-state index in [0.717, 1.165) is 40.2 Å². The zero-order chi connectivity index (χ0) is 25.7. The molecule has 0 unspecified atom stereocenters. The fourth-order valence-corrected chi connectivity index (χ4v) is 8.65. The van der Waals surface area contributed by atoms with E-state index in [-0.39, 0.29) is 6.10 Å². The molecular formula is C26H21N3O4S4. The van der Waals surface area contributed by atoms with Crippen LogP contribution in [0.3, 0.4) is 0 Å². The van der Waals surface area contributed by atoms with Gasteiger partial charge in [-0.05, 0) is 55.9 Å². The van der Waals surface area contributed by atoms with Crippen molar-refractivity contribution in [2.45, 2.75) is 38.2 Å². The van der Waals surface area contributed by atoms with E-state index in [0.29, 0.717) is 23.5 Å². The summed E-state index contributed by atoms with van der Waals surface area (Å²) < 4.78 is 12.3. The van der Waals surface area contributed by atoms with Gasteiger partial charge in [-0.2, -0.15) is 4.37 Å². The Labute approximate surface area is 228 Å². The first-order valence-corrected chi connectivity index (χ1v) is 14.8. The average molecular weight is 568 g/mol. The second kappa shape index (κ2) is 9.32. The number of ether oxygens (including phenoxy) is 1. The number of thiazole rings is 1. The molecule has 1 aliphatic carbocycles. The van der Waals surface area contributed by atoms with Crippen molar-refractivity contribution < 1.29 is 19.4 Å². The number of amides is 1. The van der Waals surface area contributed by atoms with Crippen LogP contribution in [-0.2, 0) is 14.9 Å². The Balaban J connectivity index is 1.21. The van der Waals surface area contributed by atoms with E-state index in [2.05, 4.69) is 26.8 Å². The van der Waals surface area contributed by atoms with Crippen LogP contribution in [0.4, 0.5) is 10.5 Å². The maximum Gasteiger partial charge on any atom is 0.412 e. The van der Waals surface area contributed by atoms with Crippen LogP contribution >= 0.6 is 45.5 Å². The molecule has 0 radical (unpaired) electrons. The Kier molecular flexibility index (Phi) is 6.10. The number of carboxylic acids is 1. The smallest absolute Gasteiger partial charge is 0.412 e. The summed E-state index contributed by atoms with van der Waals surface area (Å²) >= 11 is 6.12. The Morgan fingerprint density at radius 3 is 2.46 bits per heavy atom. The molecule has 1 saturated carbocycles. The summed E-state index contributed by atoms with van der Waals surface area (Å²) in [5.41, 5.74) is 1.56. The van der Waals surface area contributed by atoms with E-state index in [4.69, 9.17) is 4.74 Å². The van der Waals surface area contributed by atoms with Crippen molar-refractivity contribution in [2.24, 2.45) is 0 Å². The van der Waals surface area contributed by atoms with Crippen molar-refractivity contribution >= 4 is 72.7 Å². The number of thiophene rings is 2.